The molecule has 3 heterocycles. The summed E-state index contributed by atoms with van der Waals surface area (Å²) in [5.74, 6) is 1.05. The van der Waals surface area contributed by atoms with Crippen LogP contribution in [0.25, 0.3) is 22.4 Å². The number of para-hydroxylation sites is 1. The van der Waals surface area contributed by atoms with Crippen LogP contribution in [0.3, 0.4) is 0 Å². The number of aryl methyl sites for hydroxylation is 1. The zero-order valence-corrected chi connectivity index (χ0v) is 19.0. The van der Waals surface area contributed by atoms with Gasteiger partial charge in [0.05, 0.1) is 12.1 Å². The number of carbonyl (C=O) groups is 1. The molecule has 0 bridgehead atoms. The Morgan fingerprint density at radius 3 is 2.61 bits per heavy atom. The van der Waals surface area contributed by atoms with Crippen LogP contribution in [-0.2, 0) is 24.3 Å². The Hall–Kier alpha value is -3.45. The van der Waals surface area contributed by atoms with Crippen molar-refractivity contribution in [3.63, 3.8) is 0 Å². The summed E-state index contributed by atoms with van der Waals surface area (Å²) in [6, 6.07) is 15.9. The first-order chi connectivity index (χ1) is 16.2. The number of piperidine rings is 1. The van der Waals surface area contributed by atoms with E-state index in [0.717, 1.165) is 41.7 Å². The molecule has 7 nitrogen and oxygen atoms in total. The van der Waals surface area contributed by atoms with E-state index in [1.807, 2.05) is 59.3 Å². The number of hydrogen-bond acceptors (Lipinski definition) is 5. The van der Waals surface area contributed by atoms with Crippen molar-refractivity contribution < 1.29 is 9.21 Å². The molecule has 1 aliphatic heterocycles. The maximum absolute atomic E-state index is 12.8. The highest BCUT2D eigenvalue weighted by Crippen LogP contribution is 2.30. The Morgan fingerprint density at radius 2 is 1.82 bits per heavy atom. The summed E-state index contributed by atoms with van der Waals surface area (Å²) < 4.78 is 7.98. The topological polar surface area (TPSA) is 76.2 Å². The number of hydrogen-bond donors (Lipinski definition) is 1. The molecule has 2 aromatic carbocycles. The summed E-state index contributed by atoms with van der Waals surface area (Å²) in [7, 11) is 0. The van der Waals surface area contributed by atoms with Crippen molar-refractivity contribution in [2.45, 2.75) is 45.7 Å². The maximum atomic E-state index is 12.8. The summed E-state index contributed by atoms with van der Waals surface area (Å²) in [6.45, 7) is 5.15. The van der Waals surface area contributed by atoms with Gasteiger partial charge in [0.1, 0.15) is 6.54 Å². The zero-order chi connectivity index (χ0) is 22.6. The minimum Gasteiger partial charge on any atom is -0.419 e. The molecule has 7 heteroatoms. The highest BCUT2D eigenvalue weighted by molar-refractivity contribution is 5.96. The number of carbonyl (C=O) groups excluding carboxylic acids is 1. The molecule has 1 aliphatic rings. The van der Waals surface area contributed by atoms with Crippen LogP contribution in [0, 0.1) is 0 Å². The minimum atomic E-state index is -0.0807. The summed E-state index contributed by atoms with van der Waals surface area (Å²) >= 11 is 0. The number of amides is 1. The van der Waals surface area contributed by atoms with Crippen molar-refractivity contribution in [2.24, 2.45) is 0 Å². The summed E-state index contributed by atoms with van der Waals surface area (Å²) in [5.41, 5.74) is 3.85. The Morgan fingerprint density at radius 1 is 1.03 bits per heavy atom. The Kier molecular flexibility index (Phi) is 6.21. The first-order valence-corrected chi connectivity index (χ1v) is 11.7. The van der Waals surface area contributed by atoms with E-state index in [0.29, 0.717) is 18.3 Å². The molecule has 170 valence electrons. The van der Waals surface area contributed by atoms with Gasteiger partial charge < -0.3 is 14.3 Å². The molecule has 5 rings (SSSR count). The fourth-order valence-corrected chi connectivity index (χ4v) is 4.46. The predicted octanol–water partition coefficient (Wildman–Crippen LogP) is 4.88. The van der Waals surface area contributed by atoms with Crippen LogP contribution in [-0.4, -0.2) is 38.7 Å². The van der Waals surface area contributed by atoms with E-state index < -0.39 is 0 Å². The molecule has 1 N–H and O–H groups in total. The second-order valence-corrected chi connectivity index (χ2v) is 8.62. The quantitative estimate of drug-likeness (QED) is 0.441. The molecule has 0 saturated carbocycles. The number of rotatable bonds is 7. The molecule has 2 aromatic heterocycles. The third-order valence-electron chi connectivity index (χ3n) is 6.25. The number of likely N-dealkylation sites (tertiary alicyclic amines) is 1. The van der Waals surface area contributed by atoms with Crippen LogP contribution in [0.2, 0.25) is 0 Å². The minimum absolute atomic E-state index is 0.0807. The monoisotopic (exact) mass is 443 g/mol. The van der Waals surface area contributed by atoms with Gasteiger partial charge in [0.2, 0.25) is 17.7 Å². The number of fused-ring (bicyclic) bond motifs is 1. The second-order valence-electron chi connectivity index (χ2n) is 8.62. The van der Waals surface area contributed by atoms with Crippen LogP contribution in [0.15, 0.2) is 59.1 Å². The molecular formula is C26H29N5O2. The molecular weight excluding hydrogens is 414 g/mol. The van der Waals surface area contributed by atoms with E-state index >= 15 is 0 Å². The van der Waals surface area contributed by atoms with E-state index in [9.17, 15) is 4.79 Å². The number of aromatic nitrogens is 3. The lowest BCUT2D eigenvalue weighted by Crippen LogP contribution is -2.29. The van der Waals surface area contributed by atoms with Gasteiger partial charge in [0.15, 0.2) is 0 Å². The third-order valence-corrected chi connectivity index (χ3v) is 6.25. The molecule has 0 atom stereocenters. The van der Waals surface area contributed by atoms with Gasteiger partial charge in [-0.25, -0.2) is 0 Å². The van der Waals surface area contributed by atoms with Gasteiger partial charge in [-0.3, -0.25) is 9.69 Å². The Balaban J connectivity index is 1.35. The number of nitrogens with one attached hydrogen (secondary N) is 1. The van der Waals surface area contributed by atoms with Crippen LogP contribution in [0.1, 0.15) is 37.6 Å². The Labute approximate surface area is 193 Å². The first-order valence-electron chi connectivity index (χ1n) is 11.7. The van der Waals surface area contributed by atoms with Crippen molar-refractivity contribution in [1.82, 2.24) is 19.7 Å². The maximum Gasteiger partial charge on any atom is 0.249 e. The lowest BCUT2D eigenvalue weighted by Gasteiger charge is -2.24. The van der Waals surface area contributed by atoms with Gasteiger partial charge in [-0.1, -0.05) is 43.7 Å². The largest absolute Gasteiger partial charge is 0.419 e. The van der Waals surface area contributed by atoms with Crippen LogP contribution < -0.4 is 5.32 Å². The van der Waals surface area contributed by atoms with Crippen LogP contribution in [0.4, 0.5) is 5.69 Å². The standard InChI is InChI=1S/C26H29N5O2/c1-2-19-10-12-20(13-11-19)27-24(32)17-31-16-22(21-8-4-5-9-23(21)31)26-29-28-25(33-26)18-30-14-6-3-7-15-30/h4-5,8-13,16H,2-3,6-7,14-15,17-18H2,1H3,(H,27,32). The number of anilines is 1. The Bertz CT molecular complexity index is 1240. The van der Waals surface area contributed by atoms with Crippen molar-refractivity contribution in [3.8, 4) is 11.5 Å². The van der Waals surface area contributed by atoms with E-state index in [1.165, 1.54) is 24.8 Å². The van der Waals surface area contributed by atoms with Crippen LogP contribution in [0.5, 0.6) is 0 Å². The van der Waals surface area contributed by atoms with Gasteiger partial charge in [-0.05, 0) is 56.1 Å². The summed E-state index contributed by atoms with van der Waals surface area (Å²) in [5, 5.41) is 12.6. The van der Waals surface area contributed by atoms with E-state index in [4.69, 9.17) is 4.42 Å². The molecule has 0 aliphatic carbocycles. The SMILES string of the molecule is CCc1ccc(NC(=O)Cn2cc(-c3nnc(CN4CCCCC4)o3)c3ccccc32)cc1. The summed E-state index contributed by atoms with van der Waals surface area (Å²) in [4.78, 5) is 15.1. The van der Waals surface area contributed by atoms with E-state index in [1.54, 1.807) is 0 Å². The van der Waals surface area contributed by atoms with Crippen molar-refractivity contribution in [3.05, 3.63) is 66.2 Å². The molecule has 1 amide bonds. The van der Waals surface area contributed by atoms with Crippen molar-refractivity contribution in [2.75, 3.05) is 18.4 Å². The molecule has 1 fully saturated rings. The van der Waals surface area contributed by atoms with Gasteiger partial charge in [-0.2, -0.15) is 0 Å². The normalized spacial score (nSPS) is 14.6. The average Bonchev–Trinajstić information content (AvgIpc) is 3.45. The van der Waals surface area contributed by atoms with Crippen molar-refractivity contribution >= 4 is 22.5 Å². The third kappa shape index (κ3) is 4.83. The lowest BCUT2D eigenvalue weighted by atomic mass is 10.1. The van der Waals surface area contributed by atoms with Gasteiger partial charge >= 0.3 is 0 Å². The molecule has 33 heavy (non-hydrogen) atoms. The first kappa shape index (κ1) is 21.4. The highest BCUT2D eigenvalue weighted by Gasteiger charge is 2.19. The smallest absolute Gasteiger partial charge is 0.249 e. The molecule has 0 radical (unpaired) electrons. The van der Waals surface area contributed by atoms with Gasteiger partial charge in [-0.15, -0.1) is 10.2 Å². The zero-order valence-electron chi connectivity index (χ0n) is 19.0. The lowest BCUT2D eigenvalue weighted by molar-refractivity contribution is -0.116. The molecule has 4 aromatic rings. The fraction of sp³-hybridized carbons (Fsp3) is 0.346. The van der Waals surface area contributed by atoms with Gasteiger partial charge in [0.25, 0.3) is 0 Å². The van der Waals surface area contributed by atoms with E-state index in [-0.39, 0.29) is 12.5 Å². The van der Waals surface area contributed by atoms with Crippen molar-refractivity contribution in [1.29, 1.82) is 0 Å². The number of nitrogens with zero attached hydrogens (tertiary/aromatic N) is 4. The number of benzene rings is 2. The molecule has 1 saturated heterocycles. The van der Waals surface area contributed by atoms with E-state index in [2.05, 4.69) is 27.3 Å². The second kappa shape index (κ2) is 9.58. The van der Waals surface area contributed by atoms with Crippen LogP contribution >= 0.6 is 0 Å². The highest BCUT2D eigenvalue weighted by atomic mass is 16.4. The van der Waals surface area contributed by atoms with Gasteiger partial charge in [0, 0.05) is 22.8 Å². The molecule has 0 spiro atoms. The fourth-order valence-electron chi connectivity index (χ4n) is 4.46. The summed E-state index contributed by atoms with van der Waals surface area (Å²) in [6.07, 6.45) is 6.64. The molecule has 0 unspecified atom stereocenters. The predicted molar refractivity (Wildman–Crippen MR) is 129 cm³/mol. The average molecular weight is 444 g/mol.